The van der Waals surface area contributed by atoms with Crippen molar-refractivity contribution in [2.75, 3.05) is 31.6 Å². The highest BCUT2D eigenvalue weighted by atomic mass is 35.5. The predicted octanol–water partition coefficient (Wildman–Crippen LogP) is 1.92. The van der Waals surface area contributed by atoms with Crippen LogP contribution in [0.4, 0.5) is 5.82 Å². The van der Waals surface area contributed by atoms with Crippen molar-refractivity contribution in [2.24, 2.45) is 0 Å². The summed E-state index contributed by atoms with van der Waals surface area (Å²) in [7, 11) is 0. The Bertz CT molecular complexity index is 325. The van der Waals surface area contributed by atoms with E-state index in [0.29, 0.717) is 11.1 Å². The zero-order chi connectivity index (χ0) is 11.9. The van der Waals surface area contributed by atoms with Crippen molar-refractivity contribution < 1.29 is 4.74 Å². The van der Waals surface area contributed by atoms with Gasteiger partial charge < -0.3 is 15.4 Å². The van der Waals surface area contributed by atoms with Gasteiger partial charge in [0, 0.05) is 12.7 Å². The molecule has 2 rings (SSSR count). The van der Waals surface area contributed by atoms with Gasteiger partial charge in [-0.3, -0.25) is 0 Å². The van der Waals surface area contributed by atoms with E-state index in [-0.39, 0.29) is 0 Å². The molecule has 0 aromatic carbocycles. The van der Waals surface area contributed by atoms with Crippen LogP contribution in [0.5, 0.6) is 0 Å². The van der Waals surface area contributed by atoms with Gasteiger partial charge >= 0.3 is 0 Å². The summed E-state index contributed by atoms with van der Waals surface area (Å²) in [5.74, 6) is 0.836. The lowest BCUT2D eigenvalue weighted by Gasteiger charge is -2.22. The molecule has 1 aromatic heterocycles. The molecule has 4 nitrogen and oxygen atoms in total. The number of anilines is 1. The highest BCUT2D eigenvalue weighted by Gasteiger charge is 2.12. The van der Waals surface area contributed by atoms with Crippen molar-refractivity contribution in [2.45, 2.75) is 18.9 Å². The summed E-state index contributed by atoms with van der Waals surface area (Å²) in [4.78, 5) is 4.15. The Hall–Kier alpha value is -0.840. The number of hydrogen-bond donors (Lipinski definition) is 2. The van der Waals surface area contributed by atoms with Gasteiger partial charge in [-0.1, -0.05) is 11.6 Å². The maximum Gasteiger partial charge on any atom is 0.126 e. The highest BCUT2D eigenvalue weighted by molar-refractivity contribution is 6.30. The topological polar surface area (TPSA) is 46.2 Å². The summed E-state index contributed by atoms with van der Waals surface area (Å²) in [6.45, 7) is 3.63. The first-order chi connectivity index (χ1) is 8.34. The molecule has 2 heterocycles. The number of pyridine rings is 1. The number of nitrogens with zero attached hydrogens (tertiary/aromatic N) is 1. The number of ether oxygens (including phenoxy) is 1. The number of aromatic nitrogens is 1. The number of nitrogens with one attached hydrogen (secondary N) is 2. The average Bonchev–Trinajstić information content (AvgIpc) is 2.38. The van der Waals surface area contributed by atoms with Crippen LogP contribution in [-0.4, -0.2) is 37.3 Å². The van der Waals surface area contributed by atoms with Crippen LogP contribution < -0.4 is 10.6 Å². The summed E-state index contributed by atoms with van der Waals surface area (Å²) in [6, 6.07) is 3.69. The lowest BCUT2D eigenvalue weighted by molar-refractivity contribution is 0.0394. The van der Waals surface area contributed by atoms with E-state index in [4.69, 9.17) is 16.3 Å². The van der Waals surface area contributed by atoms with Gasteiger partial charge in [-0.25, -0.2) is 4.98 Å². The maximum atomic E-state index is 5.77. The van der Waals surface area contributed by atoms with E-state index in [2.05, 4.69) is 15.6 Å². The van der Waals surface area contributed by atoms with E-state index in [9.17, 15) is 0 Å². The molecule has 2 N–H and O–H groups in total. The quantitative estimate of drug-likeness (QED) is 0.790. The average molecular weight is 256 g/mol. The second-order valence-electron chi connectivity index (χ2n) is 4.11. The van der Waals surface area contributed by atoms with E-state index in [0.717, 1.165) is 44.9 Å². The first-order valence-electron chi connectivity index (χ1n) is 6.02. The molecule has 1 aliphatic rings. The van der Waals surface area contributed by atoms with Gasteiger partial charge in [0.15, 0.2) is 0 Å². The molecule has 1 aliphatic heterocycles. The Kier molecular flexibility index (Phi) is 5.04. The molecule has 1 saturated heterocycles. The maximum absolute atomic E-state index is 5.77. The molecule has 0 spiro atoms. The number of halogens is 1. The van der Waals surface area contributed by atoms with Crippen molar-refractivity contribution in [1.29, 1.82) is 0 Å². The van der Waals surface area contributed by atoms with Crippen LogP contribution in [0, 0.1) is 0 Å². The lowest BCUT2D eigenvalue weighted by Crippen LogP contribution is -2.33. The van der Waals surface area contributed by atoms with Crippen LogP contribution in [0.2, 0.25) is 5.02 Å². The summed E-state index contributed by atoms with van der Waals surface area (Å²) in [5, 5.41) is 7.17. The van der Waals surface area contributed by atoms with E-state index < -0.39 is 0 Å². The monoisotopic (exact) mass is 255 g/mol. The molecule has 5 heteroatoms. The molecule has 1 aromatic rings. The largest absolute Gasteiger partial charge is 0.376 e. The molecule has 0 amide bonds. The minimum absolute atomic E-state index is 0.413. The van der Waals surface area contributed by atoms with Gasteiger partial charge in [0.25, 0.3) is 0 Å². The van der Waals surface area contributed by atoms with Gasteiger partial charge in [-0.05, 0) is 38.1 Å². The third kappa shape index (κ3) is 4.50. The SMILES string of the molecule is Clc1ccc(NCCOC2CCNCC2)nc1. The normalized spacial score (nSPS) is 17.0. The van der Waals surface area contributed by atoms with Crippen LogP contribution in [-0.2, 0) is 4.74 Å². The molecule has 0 atom stereocenters. The fraction of sp³-hybridized carbons (Fsp3) is 0.583. The minimum atomic E-state index is 0.413. The second-order valence-corrected chi connectivity index (χ2v) is 4.55. The summed E-state index contributed by atoms with van der Waals surface area (Å²) in [5.41, 5.74) is 0. The predicted molar refractivity (Wildman–Crippen MR) is 69.6 cm³/mol. The first-order valence-corrected chi connectivity index (χ1v) is 6.40. The molecular formula is C12H18ClN3O. The van der Waals surface area contributed by atoms with Gasteiger partial charge in [0.1, 0.15) is 5.82 Å². The third-order valence-corrected chi connectivity index (χ3v) is 3.00. The molecule has 1 fully saturated rings. The van der Waals surface area contributed by atoms with E-state index in [1.54, 1.807) is 6.20 Å². The number of hydrogen-bond acceptors (Lipinski definition) is 4. The fourth-order valence-electron chi connectivity index (χ4n) is 1.85. The lowest BCUT2D eigenvalue weighted by atomic mass is 10.1. The zero-order valence-electron chi connectivity index (χ0n) is 9.79. The van der Waals surface area contributed by atoms with Crippen molar-refractivity contribution in [1.82, 2.24) is 10.3 Å². The van der Waals surface area contributed by atoms with Gasteiger partial charge in [0.2, 0.25) is 0 Å². The molecule has 0 aliphatic carbocycles. The van der Waals surface area contributed by atoms with E-state index in [1.165, 1.54) is 0 Å². The Morgan fingerprint density at radius 2 is 2.24 bits per heavy atom. The summed E-state index contributed by atoms with van der Waals surface area (Å²) < 4.78 is 5.77. The minimum Gasteiger partial charge on any atom is -0.376 e. The van der Waals surface area contributed by atoms with Crippen LogP contribution in [0.3, 0.4) is 0 Å². The van der Waals surface area contributed by atoms with E-state index in [1.807, 2.05) is 12.1 Å². The van der Waals surface area contributed by atoms with E-state index >= 15 is 0 Å². The molecule has 0 radical (unpaired) electrons. The zero-order valence-corrected chi connectivity index (χ0v) is 10.5. The second kappa shape index (κ2) is 6.79. The highest BCUT2D eigenvalue weighted by Crippen LogP contribution is 2.10. The van der Waals surface area contributed by atoms with Crippen molar-refractivity contribution in [3.05, 3.63) is 23.4 Å². The van der Waals surface area contributed by atoms with Crippen molar-refractivity contribution in [3.8, 4) is 0 Å². The molecule has 0 saturated carbocycles. The Balaban J connectivity index is 1.60. The Morgan fingerprint density at radius 3 is 2.94 bits per heavy atom. The molecule has 94 valence electrons. The summed E-state index contributed by atoms with van der Waals surface area (Å²) >= 11 is 5.75. The van der Waals surface area contributed by atoms with Gasteiger partial charge in [0.05, 0.1) is 17.7 Å². The Morgan fingerprint density at radius 1 is 1.41 bits per heavy atom. The molecule has 17 heavy (non-hydrogen) atoms. The smallest absolute Gasteiger partial charge is 0.126 e. The van der Waals surface area contributed by atoms with Crippen LogP contribution >= 0.6 is 11.6 Å². The Labute approximate surface area is 107 Å². The van der Waals surface area contributed by atoms with Crippen LogP contribution in [0.1, 0.15) is 12.8 Å². The molecule has 0 unspecified atom stereocenters. The van der Waals surface area contributed by atoms with Crippen LogP contribution in [0.15, 0.2) is 18.3 Å². The molecular weight excluding hydrogens is 238 g/mol. The van der Waals surface area contributed by atoms with Gasteiger partial charge in [-0.2, -0.15) is 0 Å². The van der Waals surface area contributed by atoms with Crippen molar-refractivity contribution >= 4 is 17.4 Å². The van der Waals surface area contributed by atoms with Crippen LogP contribution in [0.25, 0.3) is 0 Å². The van der Waals surface area contributed by atoms with Crippen molar-refractivity contribution in [3.63, 3.8) is 0 Å². The fourth-order valence-corrected chi connectivity index (χ4v) is 1.96. The third-order valence-electron chi connectivity index (χ3n) is 2.78. The number of rotatable bonds is 5. The molecule has 0 bridgehead atoms. The number of piperidine rings is 1. The van der Waals surface area contributed by atoms with Gasteiger partial charge in [-0.15, -0.1) is 0 Å². The summed E-state index contributed by atoms with van der Waals surface area (Å²) in [6.07, 6.45) is 4.27. The first kappa shape index (κ1) is 12.6. The standard InChI is InChI=1S/C12H18ClN3O/c13-10-1-2-12(16-9-10)15-7-8-17-11-3-5-14-6-4-11/h1-2,9,11,14H,3-8H2,(H,15,16).